The van der Waals surface area contributed by atoms with Gasteiger partial charge in [0.1, 0.15) is 0 Å². The molecule has 148 valence electrons. The second kappa shape index (κ2) is 11.7. The summed E-state index contributed by atoms with van der Waals surface area (Å²) in [5.41, 5.74) is 0.749. The molecule has 0 saturated heterocycles. The van der Waals surface area contributed by atoms with Crippen LogP contribution in [0.15, 0.2) is 30.3 Å². The first-order valence-electron chi connectivity index (χ1n) is 8.83. The number of hydrogen-bond donors (Lipinski definition) is 3. The summed E-state index contributed by atoms with van der Waals surface area (Å²) >= 11 is 0. The summed E-state index contributed by atoms with van der Waals surface area (Å²) in [5.74, 6) is -1.23. The minimum Gasteiger partial charge on any atom is -0.455 e. The monoisotopic (exact) mass is 377 g/mol. The summed E-state index contributed by atoms with van der Waals surface area (Å²) in [4.78, 5) is 46.5. The minimum atomic E-state index is -0.721. The zero-order chi connectivity index (χ0) is 20.2. The van der Waals surface area contributed by atoms with Crippen LogP contribution >= 0.6 is 0 Å². The molecule has 1 rings (SSSR count). The van der Waals surface area contributed by atoms with Gasteiger partial charge in [-0.3, -0.25) is 19.7 Å². The van der Waals surface area contributed by atoms with E-state index >= 15 is 0 Å². The highest BCUT2D eigenvalue weighted by Crippen LogP contribution is 2.17. The third-order valence-electron chi connectivity index (χ3n) is 3.57. The van der Waals surface area contributed by atoms with Crippen LogP contribution in [0.25, 0.3) is 0 Å². The molecule has 8 nitrogen and oxygen atoms in total. The molecule has 8 heteroatoms. The Morgan fingerprint density at radius 1 is 1.07 bits per heavy atom. The molecular formula is C19H27N3O5. The lowest BCUT2D eigenvalue weighted by molar-refractivity contribution is -0.148. The molecule has 0 aromatic heterocycles. The SMILES string of the molecule is CC(=O)N[C@@H](CC(=O)OCC(=O)NC(=O)NCCC(C)C)c1ccccc1. The van der Waals surface area contributed by atoms with Crippen molar-refractivity contribution in [3.8, 4) is 0 Å². The molecule has 3 N–H and O–H groups in total. The molecule has 27 heavy (non-hydrogen) atoms. The molecule has 0 saturated carbocycles. The number of carbonyl (C=O) groups is 4. The average molecular weight is 377 g/mol. The van der Waals surface area contributed by atoms with E-state index in [9.17, 15) is 19.2 Å². The predicted molar refractivity (Wildman–Crippen MR) is 99.6 cm³/mol. The van der Waals surface area contributed by atoms with Crippen LogP contribution in [0.5, 0.6) is 0 Å². The Bertz CT molecular complexity index is 646. The first-order valence-corrected chi connectivity index (χ1v) is 8.83. The minimum absolute atomic E-state index is 0.128. The summed E-state index contributed by atoms with van der Waals surface area (Å²) in [6.45, 7) is 5.28. The molecule has 0 heterocycles. The van der Waals surface area contributed by atoms with E-state index in [0.29, 0.717) is 12.5 Å². The van der Waals surface area contributed by atoms with Crippen molar-refractivity contribution in [2.24, 2.45) is 5.92 Å². The van der Waals surface area contributed by atoms with E-state index in [0.717, 1.165) is 12.0 Å². The molecule has 1 aromatic rings. The Morgan fingerprint density at radius 3 is 2.33 bits per heavy atom. The van der Waals surface area contributed by atoms with E-state index in [-0.39, 0.29) is 12.3 Å². The van der Waals surface area contributed by atoms with Crippen LogP contribution in [0.2, 0.25) is 0 Å². The van der Waals surface area contributed by atoms with Crippen LogP contribution in [0.4, 0.5) is 4.79 Å². The first kappa shape index (κ1) is 22.1. The number of ether oxygens (including phenoxy) is 1. The number of imide groups is 1. The van der Waals surface area contributed by atoms with E-state index in [1.807, 2.05) is 19.9 Å². The van der Waals surface area contributed by atoms with Gasteiger partial charge >= 0.3 is 12.0 Å². The maximum atomic E-state index is 12.0. The van der Waals surface area contributed by atoms with Gasteiger partial charge in [-0.25, -0.2) is 4.79 Å². The highest BCUT2D eigenvalue weighted by atomic mass is 16.5. The van der Waals surface area contributed by atoms with Gasteiger partial charge in [0.15, 0.2) is 6.61 Å². The molecule has 0 aliphatic heterocycles. The number of nitrogens with one attached hydrogen (secondary N) is 3. The topological polar surface area (TPSA) is 114 Å². The van der Waals surface area contributed by atoms with Gasteiger partial charge < -0.3 is 15.4 Å². The van der Waals surface area contributed by atoms with Gasteiger partial charge in [0.2, 0.25) is 5.91 Å². The van der Waals surface area contributed by atoms with Gasteiger partial charge in [-0.1, -0.05) is 44.2 Å². The summed E-state index contributed by atoms with van der Waals surface area (Å²) in [5, 5.41) is 7.31. The number of rotatable bonds is 9. The van der Waals surface area contributed by atoms with E-state index in [4.69, 9.17) is 4.74 Å². The standard InChI is InChI=1S/C19H27N3O5/c1-13(2)9-10-20-19(26)22-17(24)12-27-18(25)11-16(21-14(3)23)15-7-5-4-6-8-15/h4-8,13,16H,9-12H2,1-3H3,(H,21,23)(H2,20,22,24,26)/t16-/m0/s1. The summed E-state index contributed by atoms with van der Waals surface area (Å²) in [6, 6.07) is 7.78. The Kier molecular flexibility index (Phi) is 9.57. The first-order chi connectivity index (χ1) is 12.8. The molecule has 4 amide bonds. The lowest BCUT2D eigenvalue weighted by Gasteiger charge is -2.17. The van der Waals surface area contributed by atoms with Gasteiger partial charge in [-0.15, -0.1) is 0 Å². The Labute approximate surface area is 159 Å². The molecule has 0 aliphatic carbocycles. The summed E-state index contributed by atoms with van der Waals surface area (Å²) in [7, 11) is 0. The second-order valence-corrected chi connectivity index (χ2v) is 6.52. The smallest absolute Gasteiger partial charge is 0.321 e. The summed E-state index contributed by atoms with van der Waals surface area (Å²) in [6.07, 6.45) is 0.665. The number of urea groups is 1. The molecule has 1 aromatic carbocycles. The third-order valence-corrected chi connectivity index (χ3v) is 3.57. The van der Waals surface area contributed by atoms with Crippen molar-refractivity contribution in [3.63, 3.8) is 0 Å². The molecule has 0 bridgehead atoms. The van der Waals surface area contributed by atoms with Crippen LogP contribution in [-0.4, -0.2) is 37.0 Å². The van der Waals surface area contributed by atoms with Gasteiger partial charge in [0.05, 0.1) is 12.5 Å². The van der Waals surface area contributed by atoms with E-state index < -0.39 is 30.6 Å². The number of amides is 4. The Morgan fingerprint density at radius 2 is 1.74 bits per heavy atom. The predicted octanol–water partition coefficient (Wildman–Crippen LogP) is 1.67. The number of hydrogen-bond acceptors (Lipinski definition) is 5. The molecular weight excluding hydrogens is 350 g/mol. The quantitative estimate of drug-likeness (QED) is 0.567. The van der Waals surface area contributed by atoms with E-state index in [1.54, 1.807) is 24.3 Å². The zero-order valence-corrected chi connectivity index (χ0v) is 15.9. The maximum absolute atomic E-state index is 12.0. The van der Waals surface area contributed by atoms with Crippen LogP contribution in [0.1, 0.15) is 45.2 Å². The van der Waals surface area contributed by atoms with Crippen LogP contribution in [-0.2, 0) is 19.1 Å². The fourth-order valence-corrected chi connectivity index (χ4v) is 2.24. The van der Waals surface area contributed by atoms with Gasteiger partial charge in [0.25, 0.3) is 5.91 Å². The fraction of sp³-hybridized carbons (Fsp3) is 0.474. The maximum Gasteiger partial charge on any atom is 0.321 e. The lowest BCUT2D eigenvalue weighted by atomic mass is 10.0. The molecule has 0 spiro atoms. The van der Waals surface area contributed by atoms with E-state index in [1.165, 1.54) is 6.92 Å². The van der Waals surface area contributed by atoms with Crippen molar-refractivity contribution in [2.45, 2.75) is 39.7 Å². The lowest BCUT2D eigenvalue weighted by Crippen LogP contribution is -2.42. The van der Waals surface area contributed by atoms with Crippen molar-refractivity contribution < 1.29 is 23.9 Å². The van der Waals surface area contributed by atoms with Crippen LogP contribution in [0, 0.1) is 5.92 Å². The molecule has 1 atom stereocenters. The van der Waals surface area contributed by atoms with Gasteiger partial charge in [0, 0.05) is 13.5 Å². The number of esters is 1. The largest absolute Gasteiger partial charge is 0.455 e. The van der Waals surface area contributed by atoms with Crippen molar-refractivity contribution >= 4 is 23.8 Å². The van der Waals surface area contributed by atoms with Crippen molar-refractivity contribution in [3.05, 3.63) is 35.9 Å². The summed E-state index contributed by atoms with van der Waals surface area (Å²) < 4.78 is 4.90. The van der Waals surface area contributed by atoms with E-state index in [2.05, 4.69) is 16.0 Å². The molecule has 0 radical (unpaired) electrons. The molecule has 0 unspecified atom stereocenters. The Hall–Kier alpha value is -2.90. The normalized spacial score (nSPS) is 11.4. The second-order valence-electron chi connectivity index (χ2n) is 6.52. The van der Waals surface area contributed by atoms with Gasteiger partial charge in [-0.2, -0.15) is 0 Å². The number of carbonyl (C=O) groups excluding carboxylic acids is 4. The third kappa shape index (κ3) is 9.98. The van der Waals surface area contributed by atoms with Crippen LogP contribution in [0.3, 0.4) is 0 Å². The van der Waals surface area contributed by atoms with Gasteiger partial charge in [-0.05, 0) is 17.9 Å². The highest BCUT2D eigenvalue weighted by Gasteiger charge is 2.19. The van der Waals surface area contributed by atoms with Crippen molar-refractivity contribution in [2.75, 3.05) is 13.2 Å². The highest BCUT2D eigenvalue weighted by molar-refractivity contribution is 5.95. The average Bonchev–Trinajstić information content (AvgIpc) is 2.59. The Balaban J connectivity index is 2.42. The molecule has 0 fully saturated rings. The zero-order valence-electron chi connectivity index (χ0n) is 15.9. The van der Waals surface area contributed by atoms with Crippen molar-refractivity contribution in [1.29, 1.82) is 0 Å². The molecule has 0 aliphatic rings. The van der Waals surface area contributed by atoms with Crippen LogP contribution < -0.4 is 16.0 Å². The van der Waals surface area contributed by atoms with Crippen molar-refractivity contribution in [1.82, 2.24) is 16.0 Å². The number of benzene rings is 1. The fourth-order valence-electron chi connectivity index (χ4n) is 2.24.